The zero-order valence-corrected chi connectivity index (χ0v) is 14.1. The standard InChI is InChI=1S/C16H32N2O3/c1-5-17-16(15(19)20-4)10-7-8-14(16)9-11-18(3)12-13-21-6-2/h14,17H,5-13H2,1-4H3. The second-order valence-electron chi connectivity index (χ2n) is 5.87. The summed E-state index contributed by atoms with van der Waals surface area (Å²) in [5.74, 6) is 0.267. The minimum Gasteiger partial charge on any atom is -0.468 e. The molecule has 1 aliphatic carbocycles. The van der Waals surface area contributed by atoms with E-state index in [1.54, 1.807) is 0 Å². The average molecular weight is 300 g/mol. The number of rotatable bonds is 10. The van der Waals surface area contributed by atoms with Crippen LogP contribution in [-0.4, -0.2) is 63.4 Å². The molecule has 124 valence electrons. The van der Waals surface area contributed by atoms with Crippen molar-refractivity contribution < 1.29 is 14.3 Å². The maximum atomic E-state index is 12.3. The topological polar surface area (TPSA) is 50.8 Å². The van der Waals surface area contributed by atoms with E-state index in [1.807, 2.05) is 13.8 Å². The SMILES string of the molecule is CCNC1(C(=O)OC)CCCC1CCN(C)CCOCC. The van der Waals surface area contributed by atoms with Gasteiger partial charge in [0.05, 0.1) is 13.7 Å². The fourth-order valence-corrected chi connectivity index (χ4v) is 3.39. The molecule has 1 fully saturated rings. The van der Waals surface area contributed by atoms with Crippen molar-refractivity contribution in [2.45, 2.75) is 45.1 Å². The smallest absolute Gasteiger partial charge is 0.326 e. The van der Waals surface area contributed by atoms with Gasteiger partial charge in [-0.05, 0) is 52.2 Å². The average Bonchev–Trinajstić information content (AvgIpc) is 2.89. The molecule has 1 rings (SSSR count). The van der Waals surface area contributed by atoms with Crippen LogP contribution in [0.15, 0.2) is 0 Å². The van der Waals surface area contributed by atoms with E-state index < -0.39 is 5.54 Å². The molecule has 0 aromatic rings. The number of hydrogen-bond acceptors (Lipinski definition) is 5. The predicted octanol–water partition coefficient (Wildman–Crippen LogP) is 1.67. The van der Waals surface area contributed by atoms with E-state index in [4.69, 9.17) is 9.47 Å². The molecule has 0 aromatic heterocycles. The molecule has 0 bridgehead atoms. The highest BCUT2D eigenvalue weighted by Gasteiger charge is 2.48. The van der Waals surface area contributed by atoms with Gasteiger partial charge in [-0.1, -0.05) is 13.3 Å². The van der Waals surface area contributed by atoms with Crippen LogP contribution >= 0.6 is 0 Å². The fraction of sp³-hybridized carbons (Fsp3) is 0.938. The first-order valence-corrected chi connectivity index (χ1v) is 8.20. The van der Waals surface area contributed by atoms with Gasteiger partial charge in [0.1, 0.15) is 5.54 Å². The molecule has 2 unspecified atom stereocenters. The molecule has 1 aliphatic rings. The molecule has 0 heterocycles. The molecule has 0 amide bonds. The Kier molecular flexibility index (Phi) is 8.22. The van der Waals surface area contributed by atoms with Crippen molar-refractivity contribution in [3.05, 3.63) is 0 Å². The molecule has 2 atom stereocenters. The van der Waals surface area contributed by atoms with Crippen molar-refractivity contribution >= 4 is 5.97 Å². The Hall–Kier alpha value is -0.650. The monoisotopic (exact) mass is 300 g/mol. The third-order valence-electron chi connectivity index (χ3n) is 4.54. The van der Waals surface area contributed by atoms with Crippen LogP contribution in [-0.2, 0) is 14.3 Å². The third-order valence-corrected chi connectivity index (χ3v) is 4.54. The van der Waals surface area contributed by atoms with E-state index in [1.165, 1.54) is 7.11 Å². The summed E-state index contributed by atoms with van der Waals surface area (Å²) in [5, 5.41) is 3.42. The van der Waals surface area contributed by atoms with Crippen LogP contribution < -0.4 is 5.32 Å². The fourth-order valence-electron chi connectivity index (χ4n) is 3.39. The van der Waals surface area contributed by atoms with Gasteiger partial charge in [-0.25, -0.2) is 0 Å². The highest BCUT2D eigenvalue weighted by atomic mass is 16.5. The first-order valence-electron chi connectivity index (χ1n) is 8.20. The Labute approximate surface area is 129 Å². The number of methoxy groups -OCH3 is 1. The summed E-state index contributed by atoms with van der Waals surface area (Å²) in [6.45, 7) is 8.32. The Balaban J connectivity index is 2.53. The number of nitrogens with zero attached hydrogens (tertiary/aromatic N) is 1. The summed E-state index contributed by atoms with van der Waals surface area (Å²) >= 11 is 0. The predicted molar refractivity (Wildman–Crippen MR) is 84.4 cm³/mol. The summed E-state index contributed by atoms with van der Waals surface area (Å²) < 4.78 is 10.5. The number of ether oxygens (including phenoxy) is 2. The van der Waals surface area contributed by atoms with Crippen molar-refractivity contribution in [3.63, 3.8) is 0 Å². The number of esters is 1. The molecular formula is C16H32N2O3. The highest BCUT2D eigenvalue weighted by molar-refractivity contribution is 5.81. The molecule has 5 nitrogen and oxygen atoms in total. The molecular weight excluding hydrogens is 268 g/mol. The molecule has 0 radical (unpaired) electrons. The summed E-state index contributed by atoms with van der Waals surface area (Å²) in [4.78, 5) is 14.6. The quantitative estimate of drug-likeness (QED) is 0.491. The number of carbonyl (C=O) groups is 1. The van der Waals surface area contributed by atoms with E-state index in [0.29, 0.717) is 5.92 Å². The molecule has 0 saturated heterocycles. The van der Waals surface area contributed by atoms with Crippen LogP contribution in [0.1, 0.15) is 39.5 Å². The van der Waals surface area contributed by atoms with Gasteiger partial charge in [0.15, 0.2) is 0 Å². The van der Waals surface area contributed by atoms with Crippen molar-refractivity contribution in [2.75, 3.05) is 47.0 Å². The third kappa shape index (κ3) is 4.94. The highest BCUT2D eigenvalue weighted by Crippen LogP contribution is 2.39. The van der Waals surface area contributed by atoms with E-state index >= 15 is 0 Å². The van der Waals surface area contributed by atoms with E-state index in [2.05, 4.69) is 17.3 Å². The Morgan fingerprint density at radius 1 is 1.38 bits per heavy atom. The second kappa shape index (κ2) is 9.38. The zero-order chi connectivity index (χ0) is 15.7. The van der Waals surface area contributed by atoms with Crippen LogP contribution in [0, 0.1) is 5.92 Å². The van der Waals surface area contributed by atoms with E-state index in [0.717, 1.165) is 58.5 Å². The molecule has 21 heavy (non-hydrogen) atoms. The van der Waals surface area contributed by atoms with Gasteiger partial charge in [0.25, 0.3) is 0 Å². The summed E-state index contributed by atoms with van der Waals surface area (Å²) in [5.41, 5.74) is -0.468. The van der Waals surface area contributed by atoms with Crippen LogP contribution in [0.4, 0.5) is 0 Å². The second-order valence-corrected chi connectivity index (χ2v) is 5.87. The van der Waals surface area contributed by atoms with Gasteiger partial charge >= 0.3 is 5.97 Å². The number of nitrogens with one attached hydrogen (secondary N) is 1. The summed E-state index contributed by atoms with van der Waals surface area (Å²) in [6.07, 6.45) is 4.10. The lowest BCUT2D eigenvalue weighted by molar-refractivity contribution is -0.150. The molecule has 0 spiro atoms. The van der Waals surface area contributed by atoms with Crippen LogP contribution in [0.2, 0.25) is 0 Å². The Morgan fingerprint density at radius 3 is 2.76 bits per heavy atom. The number of carbonyl (C=O) groups excluding carboxylic acids is 1. The molecule has 1 saturated carbocycles. The lowest BCUT2D eigenvalue weighted by atomic mass is 9.84. The normalized spacial score (nSPS) is 25.5. The molecule has 0 aliphatic heterocycles. The molecule has 1 N–H and O–H groups in total. The van der Waals surface area contributed by atoms with Crippen molar-refractivity contribution in [2.24, 2.45) is 5.92 Å². The zero-order valence-electron chi connectivity index (χ0n) is 14.1. The number of hydrogen-bond donors (Lipinski definition) is 1. The van der Waals surface area contributed by atoms with Gasteiger partial charge in [-0.2, -0.15) is 0 Å². The minimum atomic E-state index is -0.468. The van der Waals surface area contributed by atoms with Crippen LogP contribution in [0.3, 0.4) is 0 Å². The van der Waals surface area contributed by atoms with Gasteiger partial charge in [0, 0.05) is 13.2 Å². The van der Waals surface area contributed by atoms with Crippen molar-refractivity contribution in [1.82, 2.24) is 10.2 Å². The van der Waals surface area contributed by atoms with Gasteiger partial charge < -0.3 is 19.7 Å². The van der Waals surface area contributed by atoms with Crippen LogP contribution in [0.25, 0.3) is 0 Å². The maximum absolute atomic E-state index is 12.3. The van der Waals surface area contributed by atoms with E-state index in [-0.39, 0.29) is 5.97 Å². The first-order chi connectivity index (χ1) is 10.1. The maximum Gasteiger partial charge on any atom is 0.326 e. The van der Waals surface area contributed by atoms with Gasteiger partial charge in [-0.3, -0.25) is 4.79 Å². The Bertz CT molecular complexity index is 312. The van der Waals surface area contributed by atoms with Gasteiger partial charge in [-0.15, -0.1) is 0 Å². The lowest BCUT2D eigenvalue weighted by Crippen LogP contribution is -2.55. The molecule has 0 aromatic carbocycles. The first kappa shape index (κ1) is 18.4. The number of likely N-dealkylation sites (N-methyl/N-ethyl adjacent to an activating group) is 2. The van der Waals surface area contributed by atoms with Crippen molar-refractivity contribution in [3.8, 4) is 0 Å². The molecule has 5 heteroatoms. The Morgan fingerprint density at radius 2 is 2.14 bits per heavy atom. The summed E-state index contributed by atoms with van der Waals surface area (Å²) in [6, 6.07) is 0. The lowest BCUT2D eigenvalue weighted by Gasteiger charge is -2.34. The van der Waals surface area contributed by atoms with E-state index in [9.17, 15) is 4.79 Å². The van der Waals surface area contributed by atoms with Crippen LogP contribution in [0.5, 0.6) is 0 Å². The minimum absolute atomic E-state index is 0.0937. The summed E-state index contributed by atoms with van der Waals surface area (Å²) in [7, 11) is 3.60. The largest absolute Gasteiger partial charge is 0.468 e. The van der Waals surface area contributed by atoms with Gasteiger partial charge in [0.2, 0.25) is 0 Å². The van der Waals surface area contributed by atoms with Crippen molar-refractivity contribution in [1.29, 1.82) is 0 Å².